The van der Waals surface area contributed by atoms with Gasteiger partial charge in [0.05, 0.1) is 19.7 Å². The van der Waals surface area contributed by atoms with Crippen molar-refractivity contribution < 1.29 is 9.53 Å². The van der Waals surface area contributed by atoms with Crippen LogP contribution in [-0.2, 0) is 16.0 Å². The smallest absolute Gasteiger partial charge is 0.310 e. The quantitative estimate of drug-likeness (QED) is 0.517. The number of aromatic nitrogens is 1. The van der Waals surface area contributed by atoms with Crippen LogP contribution in [-0.4, -0.2) is 18.1 Å². The Morgan fingerprint density at radius 3 is 3.08 bits per heavy atom. The topological polar surface area (TPSA) is 68.6 Å². The molecule has 0 amide bonds. The summed E-state index contributed by atoms with van der Waals surface area (Å²) in [5.41, 5.74) is 0.699. The lowest BCUT2D eigenvalue weighted by Crippen LogP contribution is -2.04. The summed E-state index contributed by atoms with van der Waals surface area (Å²) in [5.74, 6) is -0.406. The van der Waals surface area contributed by atoms with Gasteiger partial charge in [0.15, 0.2) is 0 Å². The number of hydrogen-bond donors (Lipinski definition) is 0. The Morgan fingerprint density at radius 1 is 1.69 bits per heavy atom. The summed E-state index contributed by atoms with van der Waals surface area (Å²) in [5, 5.41) is 2.74. The van der Waals surface area contributed by atoms with E-state index in [-0.39, 0.29) is 12.1 Å². The van der Waals surface area contributed by atoms with Crippen molar-refractivity contribution in [3.8, 4) is 0 Å². The highest BCUT2D eigenvalue weighted by Crippen LogP contribution is 2.17. The van der Waals surface area contributed by atoms with Crippen molar-refractivity contribution in [2.45, 2.75) is 6.42 Å². The fourth-order valence-electron chi connectivity index (χ4n) is 0.874. The Balaban J connectivity index is 2.87. The van der Waals surface area contributed by atoms with Gasteiger partial charge >= 0.3 is 5.97 Å². The average molecular weight is 180 g/mol. The maximum Gasteiger partial charge on any atom is 0.310 e. The first-order valence-corrected chi connectivity index (χ1v) is 3.61. The molecule has 0 aliphatic heterocycles. The van der Waals surface area contributed by atoms with E-state index in [0.29, 0.717) is 5.56 Å². The van der Waals surface area contributed by atoms with Crippen LogP contribution in [0.15, 0.2) is 23.6 Å². The molecular formula is C8H8N2O3. The zero-order chi connectivity index (χ0) is 9.68. The third-order valence-electron chi connectivity index (χ3n) is 1.55. The van der Waals surface area contributed by atoms with Crippen molar-refractivity contribution in [1.29, 1.82) is 0 Å². The van der Waals surface area contributed by atoms with Crippen molar-refractivity contribution in [3.05, 3.63) is 28.9 Å². The van der Waals surface area contributed by atoms with Crippen LogP contribution < -0.4 is 0 Å². The number of carbonyl (C=O) groups excluding carboxylic acids is 1. The maximum atomic E-state index is 10.9. The molecule has 1 rings (SSSR count). The van der Waals surface area contributed by atoms with E-state index in [2.05, 4.69) is 14.9 Å². The first-order chi connectivity index (χ1) is 6.27. The van der Waals surface area contributed by atoms with Gasteiger partial charge in [-0.3, -0.25) is 9.78 Å². The normalized spacial score (nSPS) is 9.31. The van der Waals surface area contributed by atoms with E-state index >= 15 is 0 Å². The second-order valence-electron chi connectivity index (χ2n) is 2.35. The maximum absolute atomic E-state index is 10.9. The number of rotatable bonds is 3. The fourth-order valence-corrected chi connectivity index (χ4v) is 0.874. The monoisotopic (exact) mass is 180 g/mol. The molecule has 0 fully saturated rings. The molecule has 1 heterocycles. The average Bonchev–Trinajstić information content (AvgIpc) is 2.18. The molecule has 0 spiro atoms. The number of ether oxygens (including phenoxy) is 1. The number of pyridine rings is 1. The summed E-state index contributed by atoms with van der Waals surface area (Å²) in [6, 6.07) is 1.56. The van der Waals surface area contributed by atoms with E-state index < -0.39 is 5.97 Å². The van der Waals surface area contributed by atoms with Crippen LogP contribution in [0.5, 0.6) is 0 Å². The highest BCUT2D eigenvalue weighted by atomic mass is 16.5. The first kappa shape index (κ1) is 9.31. The van der Waals surface area contributed by atoms with E-state index in [4.69, 9.17) is 0 Å². The molecule has 0 radical (unpaired) electrons. The van der Waals surface area contributed by atoms with Gasteiger partial charge < -0.3 is 4.74 Å². The predicted octanol–water partition coefficient (Wildman–Crippen LogP) is 1.19. The number of carbonyl (C=O) groups is 1. The Labute approximate surface area is 74.7 Å². The van der Waals surface area contributed by atoms with Gasteiger partial charge in [-0.1, -0.05) is 0 Å². The molecule has 1 aromatic heterocycles. The van der Waals surface area contributed by atoms with Crippen LogP contribution in [0.3, 0.4) is 0 Å². The lowest BCUT2D eigenvalue weighted by atomic mass is 10.2. The van der Waals surface area contributed by atoms with Crippen molar-refractivity contribution in [2.24, 2.45) is 5.18 Å². The van der Waals surface area contributed by atoms with Gasteiger partial charge in [0.25, 0.3) is 0 Å². The van der Waals surface area contributed by atoms with Crippen LogP contribution in [0.1, 0.15) is 5.56 Å². The Bertz CT molecular complexity index is 325. The molecule has 0 unspecified atom stereocenters. The number of hydrogen-bond acceptors (Lipinski definition) is 5. The molecule has 0 N–H and O–H groups in total. The molecule has 13 heavy (non-hydrogen) atoms. The summed E-state index contributed by atoms with van der Waals surface area (Å²) in [4.78, 5) is 24.8. The van der Waals surface area contributed by atoms with Gasteiger partial charge in [-0.25, -0.2) is 0 Å². The van der Waals surface area contributed by atoms with Crippen LogP contribution in [0, 0.1) is 4.91 Å². The zero-order valence-corrected chi connectivity index (χ0v) is 7.06. The van der Waals surface area contributed by atoms with E-state index in [1.54, 1.807) is 6.07 Å². The van der Waals surface area contributed by atoms with Crippen LogP contribution in [0.2, 0.25) is 0 Å². The van der Waals surface area contributed by atoms with E-state index in [1.807, 2.05) is 0 Å². The molecule has 0 atom stereocenters. The standard InChI is InChI=1S/C8H8N2O3/c1-13-8(11)4-6-2-3-9-5-7(6)10-12/h2-3,5H,4H2,1H3. The van der Waals surface area contributed by atoms with Crippen molar-refractivity contribution in [2.75, 3.05) is 7.11 Å². The van der Waals surface area contributed by atoms with Crippen molar-refractivity contribution >= 4 is 11.7 Å². The number of methoxy groups -OCH3 is 1. The molecule has 0 aromatic carbocycles. The van der Waals surface area contributed by atoms with Crippen molar-refractivity contribution in [3.63, 3.8) is 0 Å². The molecule has 0 saturated heterocycles. The fraction of sp³-hybridized carbons (Fsp3) is 0.250. The number of nitrogens with zero attached hydrogens (tertiary/aromatic N) is 2. The minimum atomic E-state index is -0.406. The highest BCUT2D eigenvalue weighted by Gasteiger charge is 2.07. The van der Waals surface area contributed by atoms with Gasteiger partial charge in [-0.15, -0.1) is 4.91 Å². The molecule has 0 aliphatic rings. The molecule has 0 bridgehead atoms. The lowest BCUT2D eigenvalue weighted by Gasteiger charge is -2.00. The second kappa shape index (κ2) is 4.30. The summed E-state index contributed by atoms with van der Waals surface area (Å²) in [6.07, 6.45) is 2.85. The van der Waals surface area contributed by atoms with Gasteiger partial charge in [-0.05, 0) is 16.8 Å². The Hall–Kier alpha value is -1.78. The minimum Gasteiger partial charge on any atom is -0.469 e. The lowest BCUT2D eigenvalue weighted by molar-refractivity contribution is -0.139. The molecule has 0 aliphatic carbocycles. The third kappa shape index (κ3) is 2.33. The van der Waals surface area contributed by atoms with E-state index in [0.717, 1.165) is 0 Å². The molecule has 0 saturated carbocycles. The summed E-state index contributed by atoms with van der Waals surface area (Å²) >= 11 is 0. The summed E-state index contributed by atoms with van der Waals surface area (Å²) in [6.45, 7) is 0. The van der Waals surface area contributed by atoms with Gasteiger partial charge in [0.2, 0.25) is 0 Å². The molecule has 5 nitrogen and oxygen atoms in total. The largest absolute Gasteiger partial charge is 0.469 e. The molecule has 1 aromatic rings. The SMILES string of the molecule is COC(=O)Cc1ccncc1N=O. The van der Waals surface area contributed by atoms with E-state index in [1.165, 1.54) is 19.5 Å². The van der Waals surface area contributed by atoms with Crippen molar-refractivity contribution in [1.82, 2.24) is 4.98 Å². The van der Waals surface area contributed by atoms with Crippen LogP contribution in [0.4, 0.5) is 5.69 Å². The van der Waals surface area contributed by atoms with Gasteiger partial charge in [0.1, 0.15) is 5.69 Å². The molecule has 68 valence electrons. The Morgan fingerprint density at radius 2 is 2.46 bits per heavy atom. The minimum absolute atomic E-state index is 0.0418. The zero-order valence-electron chi connectivity index (χ0n) is 7.06. The summed E-state index contributed by atoms with van der Waals surface area (Å²) in [7, 11) is 1.29. The van der Waals surface area contributed by atoms with Crippen LogP contribution in [0.25, 0.3) is 0 Å². The highest BCUT2D eigenvalue weighted by molar-refractivity contribution is 5.74. The Kier molecular flexibility index (Phi) is 3.08. The number of esters is 1. The van der Waals surface area contributed by atoms with E-state index in [9.17, 15) is 9.70 Å². The first-order valence-electron chi connectivity index (χ1n) is 3.61. The number of nitroso groups, excluding NO2 is 1. The summed E-state index contributed by atoms with van der Waals surface area (Å²) < 4.78 is 4.45. The van der Waals surface area contributed by atoms with Gasteiger partial charge in [-0.2, -0.15) is 0 Å². The second-order valence-corrected chi connectivity index (χ2v) is 2.35. The third-order valence-corrected chi connectivity index (χ3v) is 1.55. The van der Waals surface area contributed by atoms with Gasteiger partial charge in [0, 0.05) is 6.20 Å². The molecule has 5 heteroatoms. The van der Waals surface area contributed by atoms with Crippen LogP contribution >= 0.6 is 0 Å². The molecular weight excluding hydrogens is 172 g/mol. The predicted molar refractivity (Wildman–Crippen MR) is 45.4 cm³/mol.